The van der Waals surface area contributed by atoms with E-state index in [-0.39, 0.29) is 17.3 Å². The molecule has 4 heteroatoms. The molecule has 0 aromatic carbocycles. The molecule has 174 valence electrons. The SMILES string of the molecule is CCCCC1CCC(COC(=O)C2CCCC(C)C2C(=O)O)C(CCCC)C1(C)C. The minimum Gasteiger partial charge on any atom is -0.481 e. The third-order valence-corrected chi connectivity index (χ3v) is 8.49. The standard InChI is InChI=1S/C26H46O4/c1-6-8-12-20-16-15-19(22(14-9-7-2)26(20,4)5)17-30-25(29)21-13-10-11-18(3)23(21)24(27)28/h18-23H,6-17H2,1-5H3,(H,27,28). The first-order valence-electron chi connectivity index (χ1n) is 12.6. The zero-order chi connectivity index (χ0) is 22.3. The van der Waals surface area contributed by atoms with Crippen LogP contribution in [0.25, 0.3) is 0 Å². The van der Waals surface area contributed by atoms with Gasteiger partial charge in [0.2, 0.25) is 0 Å². The third kappa shape index (κ3) is 6.01. The monoisotopic (exact) mass is 422 g/mol. The van der Waals surface area contributed by atoms with Crippen molar-refractivity contribution in [2.24, 2.45) is 40.9 Å². The zero-order valence-corrected chi connectivity index (χ0v) is 20.1. The van der Waals surface area contributed by atoms with Crippen molar-refractivity contribution in [2.45, 2.75) is 105 Å². The van der Waals surface area contributed by atoms with E-state index in [1.165, 1.54) is 44.9 Å². The Kier molecular flexibility index (Phi) is 9.68. The van der Waals surface area contributed by atoms with E-state index in [2.05, 4.69) is 27.7 Å². The molecular weight excluding hydrogens is 376 g/mol. The second-order valence-corrected chi connectivity index (χ2v) is 10.8. The Bertz CT molecular complexity index is 555. The van der Waals surface area contributed by atoms with E-state index >= 15 is 0 Å². The van der Waals surface area contributed by atoms with Crippen molar-refractivity contribution in [1.29, 1.82) is 0 Å². The van der Waals surface area contributed by atoms with Gasteiger partial charge in [0.05, 0.1) is 18.4 Å². The molecule has 0 heterocycles. The minimum absolute atomic E-state index is 0.0408. The van der Waals surface area contributed by atoms with Crippen LogP contribution in [0.4, 0.5) is 0 Å². The lowest BCUT2D eigenvalue weighted by Gasteiger charge is -2.50. The van der Waals surface area contributed by atoms with Crippen LogP contribution >= 0.6 is 0 Å². The van der Waals surface area contributed by atoms with Gasteiger partial charge in [-0.25, -0.2) is 0 Å². The molecule has 6 atom stereocenters. The van der Waals surface area contributed by atoms with Crippen LogP contribution in [0.3, 0.4) is 0 Å². The quantitative estimate of drug-likeness (QED) is 0.397. The van der Waals surface area contributed by atoms with E-state index in [1.807, 2.05) is 6.92 Å². The molecule has 2 saturated carbocycles. The van der Waals surface area contributed by atoms with Gasteiger partial charge in [0.15, 0.2) is 0 Å². The molecule has 0 saturated heterocycles. The average Bonchev–Trinajstić information content (AvgIpc) is 2.69. The van der Waals surface area contributed by atoms with Gasteiger partial charge in [-0.15, -0.1) is 0 Å². The third-order valence-electron chi connectivity index (χ3n) is 8.49. The van der Waals surface area contributed by atoms with E-state index in [1.54, 1.807) is 0 Å². The van der Waals surface area contributed by atoms with Crippen LogP contribution < -0.4 is 0 Å². The highest BCUT2D eigenvalue weighted by Crippen LogP contribution is 2.51. The number of hydrogen-bond donors (Lipinski definition) is 1. The molecule has 0 aromatic rings. The number of rotatable bonds is 10. The first-order valence-corrected chi connectivity index (χ1v) is 12.6. The predicted molar refractivity (Wildman–Crippen MR) is 121 cm³/mol. The molecule has 0 aromatic heterocycles. The topological polar surface area (TPSA) is 63.6 Å². The van der Waals surface area contributed by atoms with Crippen LogP contribution in [0, 0.1) is 40.9 Å². The van der Waals surface area contributed by atoms with Gasteiger partial charge in [0, 0.05) is 0 Å². The van der Waals surface area contributed by atoms with Crippen LogP contribution in [0.1, 0.15) is 105 Å². The summed E-state index contributed by atoms with van der Waals surface area (Å²) in [6.07, 6.45) is 12.3. The number of carboxylic acids is 1. The number of carbonyl (C=O) groups excluding carboxylic acids is 1. The van der Waals surface area contributed by atoms with Gasteiger partial charge >= 0.3 is 11.9 Å². The second kappa shape index (κ2) is 11.5. The normalized spacial score (nSPS) is 33.8. The Morgan fingerprint density at radius 1 is 1.00 bits per heavy atom. The number of esters is 1. The molecule has 0 amide bonds. The van der Waals surface area contributed by atoms with Crippen molar-refractivity contribution in [3.63, 3.8) is 0 Å². The van der Waals surface area contributed by atoms with Gasteiger partial charge in [-0.3, -0.25) is 9.59 Å². The summed E-state index contributed by atoms with van der Waals surface area (Å²) in [5, 5.41) is 9.64. The highest BCUT2D eigenvalue weighted by atomic mass is 16.5. The fourth-order valence-electron chi connectivity index (χ4n) is 6.49. The highest BCUT2D eigenvalue weighted by Gasteiger charge is 2.45. The lowest BCUT2D eigenvalue weighted by Crippen LogP contribution is -2.44. The summed E-state index contributed by atoms with van der Waals surface area (Å²) in [5.41, 5.74) is 0.266. The highest BCUT2D eigenvalue weighted by molar-refractivity contribution is 5.81. The molecule has 2 fully saturated rings. The zero-order valence-electron chi connectivity index (χ0n) is 20.1. The van der Waals surface area contributed by atoms with Crippen LogP contribution in [0.15, 0.2) is 0 Å². The maximum atomic E-state index is 12.9. The second-order valence-electron chi connectivity index (χ2n) is 10.8. The molecule has 2 rings (SSSR count). The Labute approximate surface area is 184 Å². The van der Waals surface area contributed by atoms with Crippen molar-refractivity contribution in [3.05, 3.63) is 0 Å². The van der Waals surface area contributed by atoms with E-state index in [9.17, 15) is 14.7 Å². The fourth-order valence-corrected chi connectivity index (χ4v) is 6.49. The van der Waals surface area contributed by atoms with Gasteiger partial charge in [0.1, 0.15) is 0 Å². The largest absolute Gasteiger partial charge is 0.481 e. The van der Waals surface area contributed by atoms with E-state index in [0.29, 0.717) is 24.9 Å². The van der Waals surface area contributed by atoms with E-state index in [0.717, 1.165) is 25.2 Å². The van der Waals surface area contributed by atoms with Crippen molar-refractivity contribution in [3.8, 4) is 0 Å². The summed E-state index contributed by atoms with van der Waals surface area (Å²) in [6.45, 7) is 11.8. The lowest BCUT2D eigenvalue weighted by atomic mass is 9.56. The number of ether oxygens (including phenoxy) is 1. The van der Waals surface area contributed by atoms with Gasteiger partial charge in [-0.2, -0.15) is 0 Å². The molecule has 2 aliphatic rings. The summed E-state index contributed by atoms with van der Waals surface area (Å²) >= 11 is 0. The lowest BCUT2D eigenvalue weighted by molar-refractivity contribution is -0.164. The van der Waals surface area contributed by atoms with Crippen LogP contribution in [0.2, 0.25) is 0 Å². The average molecular weight is 423 g/mol. The summed E-state index contributed by atoms with van der Waals surface area (Å²) in [4.78, 5) is 24.7. The maximum absolute atomic E-state index is 12.9. The van der Waals surface area contributed by atoms with Crippen molar-refractivity contribution in [2.75, 3.05) is 6.61 Å². The van der Waals surface area contributed by atoms with Gasteiger partial charge in [-0.05, 0) is 67.6 Å². The smallest absolute Gasteiger partial charge is 0.309 e. The van der Waals surface area contributed by atoms with Crippen LogP contribution in [-0.2, 0) is 14.3 Å². The number of aliphatic carboxylic acids is 1. The van der Waals surface area contributed by atoms with E-state index in [4.69, 9.17) is 4.74 Å². The molecule has 0 radical (unpaired) electrons. The Morgan fingerprint density at radius 3 is 2.30 bits per heavy atom. The Morgan fingerprint density at radius 2 is 1.67 bits per heavy atom. The van der Waals surface area contributed by atoms with E-state index < -0.39 is 17.8 Å². The van der Waals surface area contributed by atoms with Crippen LogP contribution in [-0.4, -0.2) is 23.7 Å². The molecule has 0 spiro atoms. The van der Waals surface area contributed by atoms with Crippen molar-refractivity contribution >= 4 is 11.9 Å². The summed E-state index contributed by atoms with van der Waals surface area (Å²) < 4.78 is 5.87. The molecule has 2 aliphatic carbocycles. The summed E-state index contributed by atoms with van der Waals surface area (Å²) in [5.74, 6) is -0.422. The molecule has 0 bridgehead atoms. The van der Waals surface area contributed by atoms with Gasteiger partial charge < -0.3 is 9.84 Å². The molecule has 6 unspecified atom stereocenters. The number of unbranched alkanes of at least 4 members (excludes halogenated alkanes) is 2. The fraction of sp³-hybridized carbons (Fsp3) is 0.923. The van der Waals surface area contributed by atoms with Gasteiger partial charge in [-0.1, -0.05) is 66.7 Å². The first-order chi connectivity index (χ1) is 14.2. The molecule has 1 N–H and O–H groups in total. The maximum Gasteiger partial charge on any atom is 0.309 e. The summed E-state index contributed by atoms with van der Waals surface area (Å²) in [7, 11) is 0. The molecular formula is C26H46O4. The predicted octanol–water partition coefficient (Wildman–Crippen LogP) is 6.72. The Balaban J connectivity index is 2.04. The number of hydrogen-bond acceptors (Lipinski definition) is 3. The first kappa shape index (κ1) is 25.2. The summed E-state index contributed by atoms with van der Waals surface area (Å²) in [6, 6.07) is 0. The molecule has 30 heavy (non-hydrogen) atoms. The molecule has 0 aliphatic heterocycles. The Hall–Kier alpha value is -1.06. The minimum atomic E-state index is -0.845. The number of carbonyl (C=O) groups is 2. The van der Waals surface area contributed by atoms with Crippen LogP contribution in [0.5, 0.6) is 0 Å². The van der Waals surface area contributed by atoms with Gasteiger partial charge in [0.25, 0.3) is 0 Å². The van der Waals surface area contributed by atoms with Crippen molar-refractivity contribution in [1.82, 2.24) is 0 Å². The van der Waals surface area contributed by atoms with Crippen molar-refractivity contribution < 1.29 is 19.4 Å². The molecule has 4 nitrogen and oxygen atoms in total. The number of carboxylic acid groups (broad SMARTS) is 1.